The van der Waals surface area contributed by atoms with Crippen molar-refractivity contribution in [2.75, 3.05) is 0 Å². The van der Waals surface area contributed by atoms with Crippen molar-refractivity contribution in [1.29, 1.82) is 0 Å². The number of benzene rings is 2. The van der Waals surface area contributed by atoms with E-state index in [2.05, 4.69) is 4.98 Å². The minimum absolute atomic E-state index is 0.267. The lowest BCUT2D eigenvalue weighted by atomic mass is 10.2. The molecule has 0 spiro atoms. The quantitative estimate of drug-likeness (QED) is 0.670. The molecule has 0 fully saturated rings. The Balaban J connectivity index is 2.00. The Bertz CT molecular complexity index is 706. The Morgan fingerprint density at radius 3 is 2.47 bits per heavy atom. The highest BCUT2D eigenvalue weighted by Crippen LogP contribution is 2.28. The predicted octanol–water partition coefficient (Wildman–Crippen LogP) is 4.80. The van der Waals surface area contributed by atoms with E-state index in [0.717, 1.165) is 5.56 Å². The number of aromatic nitrogens is 1. The van der Waals surface area contributed by atoms with Gasteiger partial charge in [0.05, 0.1) is 11.8 Å². The molecule has 0 bridgehead atoms. The molecule has 94 valence electrons. The van der Waals surface area contributed by atoms with Crippen LogP contribution in [0.5, 0.6) is 0 Å². The summed E-state index contributed by atoms with van der Waals surface area (Å²) in [6.07, 6.45) is 1.57. The summed E-state index contributed by atoms with van der Waals surface area (Å²) < 4.78 is 19.2. The van der Waals surface area contributed by atoms with Crippen molar-refractivity contribution in [3.05, 3.63) is 65.6 Å². The highest BCUT2D eigenvalue weighted by molar-refractivity contribution is 6.30. The second-order valence-electron chi connectivity index (χ2n) is 4.02. The summed E-state index contributed by atoms with van der Waals surface area (Å²) >= 11 is 5.83. The van der Waals surface area contributed by atoms with Crippen molar-refractivity contribution in [3.63, 3.8) is 0 Å². The van der Waals surface area contributed by atoms with Crippen molar-refractivity contribution >= 4 is 11.6 Å². The molecule has 4 heteroatoms. The first-order valence-electron chi connectivity index (χ1n) is 5.71. The van der Waals surface area contributed by atoms with E-state index in [9.17, 15) is 4.39 Å². The van der Waals surface area contributed by atoms with Crippen LogP contribution >= 0.6 is 11.6 Å². The van der Waals surface area contributed by atoms with Crippen LogP contribution < -0.4 is 0 Å². The fourth-order valence-electron chi connectivity index (χ4n) is 1.78. The average molecular weight is 274 g/mol. The van der Waals surface area contributed by atoms with E-state index in [4.69, 9.17) is 16.0 Å². The van der Waals surface area contributed by atoms with Crippen LogP contribution in [-0.4, -0.2) is 4.98 Å². The van der Waals surface area contributed by atoms with Gasteiger partial charge >= 0.3 is 0 Å². The third-order valence-electron chi connectivity index (χ3n) is 2.74. The van der Waals surface area contributed by atoms with Gasteiger partial charge in [0.1, 0.15) is 5.82 Å². The minimum Gasteiger partial charge on any atom is -0.436 e. The average Bonchev–Trinajstić information content (AvgIpc) is 2.89. The SMILES string of the molecule is Fc1ccccc1-c1ncc(-c2ccc(Cl)cc2)o1. The molecule has 0 saturated heterocycles. The summed E-state index contributed by atoms with van der Waals surface area (Å²) in [6, 6.07) is 13.6. The third kappa shape index (κ3) is 2.37. The zero-order chi connectivity index (χ0) is 13.2. The molecule has 3 aromatic rings. The van der Waals surface area contributed by atoms with Gasteiger partial charge in [0.2, 0.25) is 5.89 Å². The van der Waals surface area contributed by atoms with Crippen molar-refractivity contribution < 1.29 is 8.81 Å². The van der Waals surface area contributed by atoms with Gasteiger partial charge in [0, 0.05) is 10.6 Å². The molecule has 19 heavy (non-hydrogen) atoms. The van der Waals surface area contributed by atoms with Crippen LogP contribution in [0, 0.1) is 5.82 Å². The third-order valence-corrected chi connectivity index (χ3v) is 2.99. The molecule has 0 N–H and O–H groups in total. The lowest BCUT2D eigenvalue weighted by Gasteiger charge is -1.98. The Labute approximate surface area is 114 Å². The van der Waals surface area contributed by atoms with E-state index in [1.54, 1.807) is 36.5 Å². The smallest absolute Gasteiger partial charge is 0.229 e. The zero-order valence-electron chi connectivity index (χ0n) is 9.81. The fraction of sp³-hybridized carbons (Fsp3) is 0. The van der Waals surface area contributed by atoms with E-state index >= 15 is 0 Å². The number of hydrogen-bond donors (Lipinski definition) is 0. The first-order valence-corrected chi connectivity index (χ1v) is 6.08. The van der Waals surface area contributed by atoms with Crippen LogP contribution in [0.4, 0.5) is 4.39 Å². The molecule has 2 nitrogen and oxygen atoms in total. The van der Waals surface area contributed by atoms with Gasteiger partial charge in [-0.2, -0.15) is 0 Å². The number of rotatable bonds is 2. The van der Waals surface area contributed by atoms with E-state index in [1.165, 1.54) is 6.07 Å². The molecule has 2 aromatic carbocycles. The molecule has 0 radical (unpaired) electrons. The molecule has 0 amide bonds. The normalized spacial score (nSPS) is 10.6. The van der Waals surface area contributed by atoms with Gasteiger partial charge in [0.15, 0.2) is 5.76 Å². The van der Waals surface area contributed by atoms with E-state index < -0.39 is 0 Å². The van der Waals surface area contributed by atoms with Gasteiger partial charge in [-0.25, -0.2) is 9.37 Å². The minimum atomic E-state index is -0.355. The van der Waals surface area contributed by atoms with Gasteiger partial charge in [-0.05, 0) is 36.4 Å². The fourth-order valence-corrected chi connectivity index (χ4v) is 1.91. The molecular formula is C15H9ClFNO. The molecule has 1 heterocycles. The van der Waals surface area contributed by atoms with Crippen molar-refractivity contribution in [2.45, 2.75) is 0 Å². The standard InChI is InChI=1S/C15H9ClFNO/c16-11-7-5-10(6-8-11)14-9-18-15(19-14)12-3-1-2-4-13(12)17/h1-9H. The maximum absolute atomic E-state index is 13.6. The van der Waals surface area contributed by atoms with Crippen molar-refractivity contribution in [2.24, 2.45) is 0 Å². The summed E-state index contributed by atoms with van der Waals surface area (Å²) in [4.78, 5) is 4.11. The van der Waals surface area contributed by atoms with Crippen molar-refractivity contribution in [3.8, 4) is 22.8 Å². The summed E-state index contributed by atoms with van der Waals surface area (Å²) in [5, 5.41) is 0.651. The van der Waals surface area contributed by atoms with E-state index in [-0.39, 0.29) is 11.7 Å². The van der Waals surface area contributed by atoms with Gasteiger partial charge in [-0.3, -0.25) is 0 Å². The topological polar surface area (TPSA) is 26.0 Å². The monoisotopic (exact) mass is 273 g/mol. The predicted molar refractivity (Wildman–Crippen MR) is 72.3 cm³/mol. The molecule has 0 aliphatic rings. The Hall–Kier alpha value is -2.13. The van der Waals surface area contributed by atoms with Crippen LogP contribution in [0.2, 0.25) is 5.02 Å². The van der Waals surface area contributed by atoms with Crippen LogP contribution in [0.15, 0.2) is 59.1 Å². The molecule has 1 aromatic heterocycles. The summed E-state index contributed by atoms with van der Waals surface area (Å²) in [5.74, 6) is 0.491. The van der Waals surface area contributed by atoms with Gasteiger partial charge < -0.3 is 4.42 Å². The molecule has 0 aliphatic heterocycles. The molecule has 0 aliphatic carbocycles. The second-order valence-corrected chi connectivity index (χ2v) is 4.45. The highest BCUT2D eigenvalue weighted by atomic mass is 35.5. The number of hydrogen-bond acceptors (Lipinski definition) is 2. The lowest BCUT2D eigenvalue weighted by molar-refractivity contribution is 0.573. The zero-order valence-corrected chi connectivity index (χ0v) is 10.6. The van der Waals surface area contributed by atoms with Gasteiger partial charge in [-0.1, -0.05) is 23.7 Å². The first-order chi connectivity index (χ1) is 9.24. The molecule has 3 rings (SSSR count). The van der Waals surface area contributed by atoms with E-state index in [0.29, 0.717) is 16.3 Å². The Morgan fingerprint density at radius 1 is 1.00 bits per heavy atom. The molecule has 0 saturated carbocycles. The summed E-state index contributed by atoms with van der Waals surface area (Å²) in [6.45, 7) is 0. The first kappa shape index (κ1) is 11.9. The van der Waals surface area contributed by atoms with Gasteiger partial charge in [0.25, 0.3) is 0 Å². The maximum Gasteiger partial charge on any atom is 0.229 e. The molecule has 0 atom stereocenters. The highest BCUT2D eigenvalue weighted by Gasteiger charge is 2.11. The Morgan fingerprint density at radius 2 is 1.74 bits per heavy atom. The largest absolute Gasteiger partial charge is 0.436 e. The summed E-state index contributed by atoms with van der Waals surface area (Å²) in [7, 11) is 0. The number of nitrogens with zero attached hydrogens (tertiary/aromatic N) is 1. The number of halogens is 2. The van der Waals surface area contributed by atoms with E-state index in [1.807, 2.05) is 12.1 Å². The second kappa shape index (κ2) is 4.86. The Kier molecular flexibility index (Phi) is 3.05. The lowest BCUT2D eigenvalue weighted by Crippen LogP contribution is -1.82. The van der Waals surface area contributed by atoms with Crippen LogP contribution in [0.1, 0.15) is 0 Å². The molecular weight excluding hydrogens is 265 g/mol. The van der Waals surface area contributed by atoms with Gasteiger partial charge in [-0.15, -0.1) is 0 Å². The maximum atomic E-state index is 13.6. The van der Waals surface area contributed by atoms with Crippen LogP contribution in [0.3, 0.4) is 0 Å². The number of oxazole rings is 1. The molecule has 0 unspecified atom stereocenters. The van der Waals surface area contributed by atoms with Crippen LogP contribution in [0.25, 0.3) is 22.8 Å². The van der Waals surface area contributed by atoms with Crippen molar-refractivity contribution in [1.82, 2.24) is 4.98 Å². The van der Waals surface area contributed by atoms with Crippen LogP contribution in [-0.2, 0) is 0 Å². The summed E-state index contributed by atoms with van der Waals surface area (Å²) in [5.41, 5.74) is 1.20.